The zero-order chi connectivity index (χ0) is 14.5. The largest absolute Gasteiger partial charge is 0.370 e. The van der Waals surface area contributed by atoms with Crippen LogP contribution in [-0.2, 0) is 22.5 Å². The Balaban J connectivity index is 2.22. The number of amides is 1. The highest BCUT2D eigenvalue weighted by atomic mass is 35.5. The lowest BCUT2D eigenvalue weighted by molar-refractivity contribution is -0.122. The summed E-state index contributed by atoms with van der Waals surface area (Å²) < 4.78 is 20.7. The Kier molecular flexibility index (Phi) is 4.92. The summed E-state index contributed by atoms with van der Waals surface area (Å²) in [5, 5.41) is 0. The van der Waals surface area contributed by atoms with Gasteiger partial charge in [0.05, 0.1) is 12.1 Å². The number of carbonyl (C=O) groups is 1. The van der Waals surface area contributed by atoms with E-state index in [-0.39, 0.29) is 12.4 Å². The highest BCUT2D eigenvalue weighted by molar-refractivity contribution is 6.17. The third-order valence-electron chi connectivity index (χ3n) is 2.83. The molecular weight excluding hydrogens is 285 g/mol. The Morgan fingerprint density at radius 1 is 1.50 bits per heavy atom. The molecule has 2 rings (SSSR count). The zero-order valence-corrected chi connectivity index (χ0v) is 11.6. The van der Waals surface area contributed by atoms with Crippen molar-refractivity contribution in [3.05, 3.63) is 29.8 Å². The van der Waals surface area contributed by atoms with Crippen molar-refractivity contribution in [1.82, 2.24) is 9.55 Å². The van der Waals surface area contributed by atoms with Gasteiger partial charge in [-0.1, -0.05) is 6.07 Å². The molecule has 20 heavy (non-hydrogen) atoms. The number of imidazole rings is 1. The monoisotopic (exact) mass is 299 g/mol. The molecule has 0 atom stereocenters. The lowest BCUT2D eigenvalue weighted by Gasteiger charge is -2.08. The second kappa shape index (κ2) is 6.67. The lowest BCUT2D eigenvalue weighted by atomic mass is 10.3. The van der Waals surface area contributed by atoms with Gasteiger partial charge in [0.15, 0.2) is 5.82 Å². The summed E-state index contributed by atoms with van der Waals surface area (Å²) in [5.41, 5.74) is 6.00. The fourth-order valence-corrected chi connectivity index (χ4v) is 2.18. The van der Waals surface area contributed by atoms with E-state index >= 15 is 0 Å². The average Bonchev–Trinajstić information content (AvgIpc) is 2.75. The van der Waals surface area contributed by atoms with Crippen LogP contribution in [0, 0.1) is 5.82 Å². The first-order valence-electron chi connectivity index (χ1n) is 6.19. The van der Waals surface area contributed by atoms with E-state index in [0.29, 0.717) is 42.3 Å². The van der Waals surface area contributed by atoms with Gasteiger partial charge >= 0.3 is 0 Å². The minimum Gasteiger partial charge on any atom is -0.370 e. The van der Waals surface area contributed by atoms with Crippen LogP contribution in [0.2, 0.25) is 0 Å². The van der Waals surface area contributed by atoms with Crippen LogP contribution in [0.5, 0.6) is 0 Å². The maximum Gasteiger partial charge on any atom is 0.243 e. The van der Waals surface area contributed by atoms with Crippen molar-refractivity contribution in [3.63, 3.8) is 0 Å². The van der Waals surface area contributed by atoms with Crippen molar-refractivity contribution in [2.75, 3.05) is 19.1 Å². The smallest absolute Gasteiger partial charge is 0.243 e. The molecule has 1 aromatic carbocycles. The predicted octanol–water partition coefficient (Wildman–Crippen LogP) is 1.46. The van der Waals surface area contributed by atoms with Gasteiger partial charge in [0.2, 0.25) is 5.91 Å². The average molecular weight is 300 g/mol. The summed E-state index contributed by atoms with van der Waals surface area (Å²) in [5.74, 6) is 0.206. The van der Waals surface area contributed by atoms with E-state index in [0.717, 1.165) is 0 Å². The molecule has 0 radical (unpaired) electrons. The molecule has 1 heterocycles. The van der Waals surface area contributed by atoms with E-state index in [2.05, 4.69) is 4.98 Å². The number of benzene rings is 1. The molecule has 7 heteroatoms. The van der Waals surface area contributed by atoms with Gasteiger partial charge in [-0.3, -0.25) is 4.79 Å². The Morgan fingerprint density at radius 2 is 2.30 bits per heavy atom. The van der Waals surface area contributed by atoms with Crippen LogP contribution < -0.4 is 5.73 Å². The molecule has 2 aromatic rings. The van der Waals surface area contributed by atoms with Gasteiger partial charge in [-0.15, -0.1) is 11.6 Å². The molecule has 1 aromatic heterocycles. The summed E-state index contributed by atoms with van der Waals surface area (Å²) >= 11 is 5.74. The number of fused-ring (bicyclic) bond motifs is 1. The van der Waals surface area contributed by atoms with Crippen LogP contribution in [0.4, 0.5) is 4.39 Å². The normalized spacial score (nSPS) is 11.1. The molecule has 5 nitrogen and oxygen atoms in total. The maximum absolute atomic E-state index is 13.7. The quantitative estimate of drug-likeness (QED) is 0.621. The second-order valence-electron chi connectivity index (χ2n) is 4.25. The summed E-state index contributed by atoms with van der Waals surface area (Å²) in [6.45, 7) is 0.617. The minimum absolute atomic E-state index is 0.133. The van der Waals surface area contributed by atoms with Crippen LogP contribution in [0.15, 0.2) is 18.2 Å². The van der Waals surface area contributed by atoms with Gasteiger partial charge in [-0.05, 0) is 12.1 Å². The molecule has 0 aliphatic heterocycles. The fourth-order valence-electron chi connectivity index (χ4n) is 2.01. The Hall–Kier alpha value is -1.66. The minimum atomic E-state index is -0.521. The molecule has 0 aliphatic carbocycles. The highest BCUT2D eigenvalue weighted by Gasteiger charge is 2.13. The number of carbonyl (C=O) groups excluding carboxylic acids is 1. The van der Waals surface area contributed by atoms with Crippen LogP contribution in [-0.4, -0.2) is 34.6 Å². The molecule has 0 aliphatic rings. The Bertz CT molecular complexity index is 615. The van der Waals surface area contributed by atoms with Gasteiger partial charge in [0.1, 0.15) is 17.9 Å². The van der Waals surface area contributed by atoms with Crippen LogP contribution in [0.1, 0.15) is 5.82 Å². The first-order chi connectivity index (χ1) is 9.63. The SMILES string of the molecule is NC(=O)COCCn1c(CCCl)nc2c(F)cccc21. The van der Waals surface area contributed by atoms with Crippen molar-refractivity contribution < 1.29 is 13.9 Å². The number of nitrogens with zero attached hydrogens (tertiary/aromatic N) is 2. The predicted molar refractivity (Wildman–Crippen MR) is 74.1 cm³/mol. The molecule has 0 saturated carbocycles. The number of primary amides is 1. The number of ether oxygens (including phenoxy) is 1. The number of nitrogens with two attached hydrogens (primary N) is 1. The van der Waals surface area contributed by atoms with Crippen molar-refractivity contribution in [2.24, 2.45) is 5.73 Å². The number of rotatable bonds is 7. The van der Waals surface area contributed by atoms with E-state index in [1.54, 1.807) is 12.1 Å². The van der Waals surface area contributed by atoms with E-state index in [1.165, 1.54) is 6.07 Å². The van der Waals surface area contributed by atoms with E-state index in [9.17, 15) is 9.18 Å². The first kappa shape index (κ1) is 14.7. The third-order valence-corrected chi connectivity index (χ3v) is 3.02. The van der Waals surface area contributed by atoms with Gasteiger partial charge in [0.25, 0.3) is 0 Å². The number of halogens is 2. The Labute approximate surface area is 120 Å². The number of aromatic nitrogens is 2. The molecule has 0 spiro atoms. The van der Waals surface area contributed by atoms with Crippen LogP contribution in [0.3, 0.4) is 0 Å². The van der Waals surface area contributed by atoms with Crippen molar-refractivity contribution >= 4 is 28.5 Å². The summed E-state index contributed by atoms with van der Waals surface area (Å²) in [6.07, 6.45) is 0.533. The molecule has 0 bridgehead atoms. The van der Waals surface area contributed by atoms with Gasteiger partial charge in [-0.25, -0.2) is 9.37 Å². The van der Waals surface area contributed by atoms with Gasteiger partial charge in [-0.2, -0.15) is 0 Å². The number of aryl methyl sites for hydroxylation is 1. The molecular formula is C13H15ClFN3O2. The van der Waals surface area contributed by atoms with E-state index in [4.69, 9.17) is 22.1 Å². The van der Waals surface area contributed by atoms with E-state index in [1.807, 2.05) is 4.57 Å². The molecule has 0 unspecified atom stereocenters. The second-order valence-corrected chi connectivity index (χ2v) is 4.62. The standard InChI is InChI=1S/C13H15ClFN3O2/c14-5-4-12-17-13-9(15)2-1-3-10(13)18(12)6-7-20-8-11(16)19/h1-3H,4-8H2,(H2,16,19). The molecule has 1 amide bonds. The number of alkyl halides is 1. The first-order valence-corrected chi connectivity index (χ1v) is 6.72. The summed E-state index contributed by atoms with van der Waals surface area (Å²) in [4.78, 5) is 14.9. The van der Waals surface area contributed by atoms with Crippen molar-refractivity contribution in [1.29, 1.82) is 0 Å². The van der Waals surface area contributed by atoms with Crippen LogP contribution >= 0.6 is 11.6 Å². The van der Waals surface area contributed by atoms with Crippen LogP contribution in [0.25, 0.3) is 11.0 Å². The molecule has 0 fully saturated rings. The van der Waals surface area contributed by atoms with Crippen molar-refractivity contribution in [3.8, 4) is 0 Å². The number of para-hydroxylation sites is 1. The van der Waals surface area contributed by atoms with E-state index < -0.39 is 5.91 Å². The highest BCUT2D eigenvalue weighted by Crippen LogP contribution is 2.19. The summed E-state index contributed by atoms with van der Waals surface area (Å²) in [6, 6.07) is 4.79. The van der Waals surface area contributed by atoms with Gasteiger partial charge < -0.3 is 15.0 Å². The zero-order valence-electron chi connectivity index (χ0n) is 10.8. The van der Waals surface area contributed by atoms with Gasteiger partial charge in [0, 0.05) is 18.8 Å². The molecule has 108 valence electrons. The number of hydrogen-bond donors (Lipinski definition) is 1. The molecule has 2 N–H and O–H groups in total. The number of hydrogen-bond acceptors (Lipinski definition) is 3. The third kappa shape index (κ3) is 3.26. The fraction of sp³-hybridized carbons (Fsp3) is 0.385. The molecule has 0 saturated heterocycles. The lowest BCUT2D eigenvalue weighted by Crippen LogP contribution is -2.20. The maximum atomic E-state index is 13.7. The topological polar surface area (TPSA) is 70.1 Å². The Morgan fingerprint density at radius 3 is 3.00 bits per heavy atom. The van der Waals surface area contributed by atoms with Crippen molar-refractivity contribution in [2.45, 2.75) is 13.0 Å². The summed E-state index contributed by atoms with van der Waals surface area (Å²) in [7, 11) is 0.